The number of halogens is 1. The lowest BCUT2D eigenvalue weighted by molar-refractivity contribution is 0.0684. The van der Waals surface area contributed by atoms with Crippen molar-refractivity contribution in [1.29, 1.82) is 0 Å². The number of carbonyl (C=O) groups is 1. The Balaban J connectivity index is 2.40. The molecule has 0 unspecified atom stereocenters. The number of rotatable bonds is 6. The molecule has 0 aromatic carbocycles. The molecule has 21 heavy (non-hydrogen) atoms. The van der Waals surface area contributed by atoms with E-state index in [4.69, 9.17) is 21.4 Å². The lowest BCUT2D eigenvalue weighted by Gasteiger charge is -2.07. The van der Waals surface area contributed by atoms with Gasteiger partial charge in [0.1, 0.15) is 0 Å². The maximum atomic E-state index is 11.1. The van der Waals surface area contributed by atoms with Crippen LogP contribution in [0.15, 0.2) is 0 Å². The van der Waals surface area contributed by atoms with Crippen molar-refractivity contribution in [2.45, 2.75) is 26.5 Å². The standard InChI is InChI=1S/C12H16ClN5O3/c1-4-7-10(13)8(17(2)15-7)5-18-9(6-21-3)11(12(19)20)14-16-18/h4-6H2,1-3H3,(H,19,20). The third-order valence-corrected chi connectivity index (χ3v) is 3.56. The molecule has 0 aliphatic rings. The van der Waals surface area contributed by atoms with E-state index in [9.17, 15) is 4.79 Å². The zero-order valence-electron chi connectivity index (χ0n) is 12.0. The van der Waals surface area contributed by atoms with Crippen molar-refractivity contribution in [3.05, 3.63) is 27.8 Å². The molecule has 0 aliphatic carbocycles. The van der Waals surface area contributed by atoms with E-state index < -0.39 is 5.97 Å². The molecule has 2 aromatic rings. The second-order valence-electron chi connectivity index (χ2n) is 4.47. The van der Waals surface area contributed by atoms with Gasteiger partial charge < -0.3 is 9.84 Å². The molecule has 0 atom stereocenters. The van der Waals surface area contributed by atoms with Gasteiger partial charge >= 0.3 is 5.97 Å². The highest BCUT2D eigenvalue weighted by Gasteiger charge is 2.21. The molecule has 0 saturated heterocycles. The Morgan fingerprint density at radius 3 is 2.67 bits per heavy atom. The van der Waals surface area contributed by atoms with E-state index in [0.29, 0.717) is 10.7 Å². The summed E-state index contributed by atoms with van der Waals surface area (Å²) < 4.78 is 8.16. The van der Waals surface area contributed by atoms with Crippen LogP contribution >= 0.6 is 11.6 Å². The van der Waals surface area contributed by atoms with Crippen molar-refractivity contribution in [1.82, 2.24) is 24.8 Å². The monoisotopic (exact) mass is 313 g/mol. The number of hydrogen-bond acceptors (Lipinski definition) is 5. The van der Waals surface area contributed by atoms with Crippen molar-refractivity contribution in [3.63, 3.8) is 0 Å². The molecule has 1 N–H and O–H groups in total. The van der Waals surface area contributed by atoms with Gasteiger partial charge in [0.25, 0.3) is 0 Å². The first kappa shape index (κ1) is 15.5. The largest absolute Gasteiger partial charge is 0.476 e. The summed E-state index contributed by atoms with van der Waals surface area (Å²) >= 11 is 6.29. The van der Waals surface area contributed by atoms with Gasteiger partial charge in [-0.1, -0.05) is 23.7 Å². The first-order chi connectivity index (χ1) is 9.99. The van der Waals surface area contributed by atoms with Crippen molar-refractivity contribution in [2.75, 3.05) is 7.11 Å². The summed E-state index contributed by atoms with van der Waals surface area (Å²) in [5, 5.41) is 21.5. The molecule has 2 rings (SSSR count). The number of carboxylic acid groups (broad SMARTS) is 1. The Bertz CT molecular complexity index is 664. The zero-order chi connectivity index (χ0) is 15.6. The predicted octanol–water partition coefficient (Wildman–Crippen LogP) is 1.12. The van der Waals surface area contributed by atoms with Crippen LogP contribution in [0, 0.1) is 0 Å². The SMILES string of the molecule is CCc1nn(C)c(Cn2nnc(C(=O)O)c2COC)c1Cl. The van der Waals surface area contributed by atoms with E-state index in [-0.39, 0.29) is 18.8 Å². The highest BCUT2D eigenvalue weighted by molar-refractivity contribution is 6.31. The van der Waals surface area contributed by atoms with Crippen LogP contribution in [0.1, 0.15) is 34.5 Å². The number of methoxy groups -OCH3 is 1. The molecule has 0 amide bonds. The van der Waals surface area contributed by atoms with E-state index in [0.717, 1.165) is 17.8 Å². The van der Waals surface area contributed by atoms with Gasteiger partial charge in [-0.15, -0.1) is 5.10 Å². The second-order valence-corrected chi connectivity index (χ2v) is 4.84. The van der Waals surface area contributed by atoms with Crippen molar-refractivity contribution in [2.24, 2.45) is 7.05 Å². The molecule has 0 saturated carbocycles. The summed E-state index contributed by atoms with van der Waals surface area (Å²) in [7, 11) is 3.26. The molecule has 9 heteroatoms. The molecule has 0 bridgehead atoms. The Morgan fingerprint density at radius 1 is 1.43 bits per heavy atom. The molecule has 2 heterocycles. The molecule has 0 fully saturated rings. The predicted molar refractivity (Wildman–Crippen MR) is 74.4 cm³/mol. The highest BCUT2D eigenvalue weighted by Crippen LogP contribution is 2.22. The first-order valence-corrected chi connectivity index (χ1v) is 6.72. The summed E-state index contributed by atoms with van der Waals surface area (Å²) in [4.78, 5) is 11.1. The maximum absolute atomic E-state index is 11.1. The van der Waals surface area contributed by atoms with Crippen LogP contribution in [0.25, 0.3) is 0 Å². The van der Waals surface area contributed by atoms with Gasteiger partial charge in [-0.25, -0.2) is 9.48 Å². The summed E-state index contributed by atoms with van der Waals surface area (Å²) in [6.07, 6.45) is 0.718. The Kier molecular flexibility index (Phi) is 4.59. The van der Waals surface area contributed by atoms with E-state index in [2.05, 4.69) is 15.4 Å². The molecule has 8 nitrogen and oxygen atoms in total. The maximum Gasteiger partial charge on any atom is 0.358 e. The smallest absolute Gasteiger partial charge is 0.358 e. The number of aryl methyl sites for hydroxylation is 2. The fraction of sp³-hybridized carbons (Fsp3) is 0.500. The third kappa shape index (κ3) is 2.91. The lowest BCUT2D eigenvalue weighted by Crippen LogP contribution is -2.12. The molecule has 0 spiro atoms. The first-order valence-electron chi connectivity index (χ1n) is 6.34. The Hall–Kier alpha value is -1.93. The van der Waals surface area contributed by atoms with E-state index in [1.54, 1.807) is 11.7 Å². The number of ether oxygens (including phenoxy) is 1. The number of carboxylic acids is 1. The molecule has 114 valence electrons. The number of nitrogens with zero attached hydrogens (tertiary/aromatic N) is 5. The number of hydrogen-bond donors (Lipinski definition) is 1. The van der Waals surface area contributed by atoms with Crippen molar-refractivity contribution < 1.29 is 14.6 Å². The highest BCUT2D eigenvalue weighted by atomic mass is 35.5. The van der Waals surface area contributed by atoms with Crippen LogP contribution in [0.3, 0.4) is 0 Å². The zero-order valence-corrected chi connectivity index (χ0v) is 12.8. The summed E-state index contributed by atoms with van der Waals surface area (Å²) in [5.74, 6) is -1.14. The molecular formula is C12H16ClN5O3. The van der Waals surface area contributed by atoms with Crippen molar-refractivity contribution >= 4 is 17.6 Å². The average molecular weight is 314 g/mol. The fourth-order valence-corrected chi connectivity index (χ4v) is 2.39. The minimum atomic E-state index is -1.14. The number of aromatic nitrogens is 5. The minimum absolute atomic E-state index is 0.102. The van der Waals surface area contributed by atoms with Gasteiger partial charge in [-0.05, 0) is 6.42 Å². The van der Waals surface area contributed by atoms with Crippen LogP contribution in [-0.2, 0) is 31.4 Å². The topological polar surface area (TPSA) is 95.1 Å². The van der Waals surface area contributed by atoms with Gasteiger partial charge in [0.15, 0.2) is 5.69 Å². The van der Waals surface area contributed by atoms with Crippen LogP contribution in [0.5, 0.6) is 0 Å². The van der Waals surface area contributed by atoms with Gasteiger partial charge in [0.05, 0.1) is 35.3 Å². The molecular weight excluding hydrogens is 298 g/mol. The molecule has 0 radical (unpaired) electrons. The average Bonchev–Trinajstić information content (AvgIpc) is 2.95. The number of aromatic carboxylic acids is 1. The van der Waals surface area contributed by atoms with Crippen LogP contribution < -0.4 is 0 Å². The Morgan fingerprint density at radius 2 is 2.14 bits per heavy atom. The van der Waals surface area contributed by atoms with Crippen LogP contribution in [-0.4, -0.2) is 43.0 Å². The summed E-state index contributed by atoms with van der Waals surface area (Å²) in [5.41, 5.74) is 1.81. The van der Waals surface area contributed by atoms with Crippen LogP contribution in [0.4, 0.5) is 0 Å². The second kappa shape index (κ2) is 6.23. The Labute approximate surface area is 126 Å². The molecule has 2 aromatic heterocycles. The normalized spacial score (nSPS) is 11.0. The van der Waals surface area contributed by atoms with Gasteiger partial charge in [-0.3, -0.25) is 4.68 Å². The lowest BCUT2D eigenvalue weighted by atomic mass is 10.3. The van der Waals surface area contributed by atoms with Crippen LogP contribution in [0.2, 0.25) is 5.02 Å². The van der Waals surface area contributed by atoms with Gasteiger partial charge in [0, 0.05) is 14.2 Å². The van der Waals surface area contributed by atoms with Crippen molar-refractivity contribution in [3.8, 4) is 0 Å². The quantitative estimate of drug-likeness (QED) is 0.858. The molecule has 0 aliphatic heterocycles. The summed E-state index contributed by atoms with van der Waals surface area (Å²) in [6, 6.07) is 0. The fourth-order valence-electron chi connectivity index (χ4n) is 2.04. The summed E-state index contributed by atoms with van der Waals surface area (Å²) in [6.45, 7) is 2.35. The minimum Gasteiger partial charge on any atom is -0.476 e. The van der Waals surface area contributed by atoms with Gasteiger partial charge in [0.2, 0.25) is 0 Å². The van der Waals surface area contributed by atoms with Gasteiger partial charge in [-0.2, -0.15) is 5.10 Å². The third-order valence-electron chi connectivity index (χ3n) is 3.12. The van der Waals surface area contributed by atoms with E-state index in [1.807, 2.05) is 6.92 Å². The van der Waals surface area contributed by atoms with E-state index in [1.165, 1.54) is 11.8 Å². The van der Waals surface area contributed by atoms with E-state index >= 15 is 0 Å².